The summed E-state index contributed by atoms with van der Waals surface area (Å²) in [6, 6.07) is 0. The minimum atomic E-state index is -0.270. The van der Waals surface area contributed by atoms with E-state index < -0.39 is 0 Å². The van der Waals surface area contributed by atoms with Crippen molar-refractivity contribution in [2.75, 3.05) is 13.6 Å². The standard InChI is InChI=1S/C9H13NO3/c1-8(12)5-6-10(2)9(13)4-3-7-11/h3-4,7H,5-6H2,1-2H3. The molecule has 0 aliphatic heterocycles. The number of allylic oxidation sites excluding steroid dienone is 1. The van der Waals surface area contributed by atoms with Gasteiger partial charge in [-0.1, -0.05) is 0 Å². The van der Waals surface area contributed by atoms with Crippen LogP contribution in [0.3, 0.4) is 0 Å². The molecular weight excluding hydrogens is 170 g/mol. The summed E-state index contributed by atoms with van der Waals surface area (Å²) in [6.45, 7) is 1.86. The summed E-state index contributed by atoms with van der Waals surface area (Å²) in [5.74, 6) is -0.229. The number of nitrogens with zero attached hydrogens (tertiary/aromatic N) is 1. The van der Waals surface area contributed by atoms with Crippen LogP contribution in [0.5, 0.6) is 0 Å². The second-order valence-electron chi connectivity index (χ2n) is 2.71. The van der Waals surface area contributed by atoms with Gasteiger partial charge in [0.05, 0.1) is 0 Å². The Balaban J connectivity index is 3.89. The molecular formula is C9H13NO3. The Morgan fingerprint density at radius 3 is 2.46 bits per heavy atom. The third-order valence-electron chi connectivity index (χ3n) is 1.49. The monoisotopic (exact) mass is 183 g/mol. The molecule has 1 amide bonds. The number of aldehydes is 1. The van der Waals surface area contributed by atoms with E-state index in [9.17, 15) is 14.4 Å². The van der Waals surface area contributed by atoms with E-state index in [4.69, 9.17) is 0 Å². The Labute approximate surface area is 77.2 Å². The first-order valence-electron chi connectivity index (χ1n) is 3.94. The first-order valence-corrected chi connectivity index (χ1v) is 3.94. The average Bonchev–Trinajstić information content (AvgIpc) is 2.10. The van der Waals surface area contributed by atoms with Gasteiger partial charge in [0, 0.05) is 26.1 Å². The summed E-state index contributed by atoms with van der Waals surface area (Å²) < 4.78 is 0. The van der Waals surface area contributed by atoms with Crippen molar-refractivity contribution in [1.29, 1.82) is 0 Å². The van der Waals surface area contributed by atoms with Crippen molar-refractivity contribution < 1.29 is 14.4 Å². The number of carbonyl (C=O) groups is 3. The molecule has 0 radical (unpaired) electrons. The van der Waals surface area contributed by atoms with Crippen molar-refractivity contribution in [3.05, 3.63) is 12.2 Å². The Kier molecular flexibility index (Phi) is 5.43. The lowest BCUT2D eigenvalue weighted by Gasteiger charge is -2.13. The van der Waals surface area contributed by atoms with Crippen LogP contribution in [0, 0.1) is 0 Å². The first-order chi connectivity index (χ1) is 6.07. The van der Waals surface area contributed by atoms with Gasteiger partial charge in [-0.15, -0.1) is 0 Å². The van der Waals surface area contributed by atoms with Crippen molar-refractivity contribution in [1.82, 2.24) is 4.90 Å². The highest BCUT2D eigenvalue weighted by atomic mass is 16.2. The summed E-state index contributed by atoms with van der Waals surface area (Å²) in [5.41, 5.74) is 0. The summed E-state index contributed by atoms with van der Waals surface area (Å²) in [7, 11) is 1.58. The van der Waals surface area contributed by atoms with Crippen molar-refractivity contribution in [3.8, 4) is 0 Å². The molecule has 0 fully saturated rings. The zero-order chi connectivity index (χ0) is 10.3. The SMILES string of the molecule is CC(=O)CCN(C)C(=O)C=CC=O. The van der Waals surface area contributed by atoms with Gasteiger partial charge in [-0.3, -0.25) is 14.4 Å². The lowest BCUT2D eigenvalue weighted by atomic mass is 10.3. The maximum atomic E-state index is 11.1. The molecule has 0 saturated carbocycles. The summed E-state index contributed by atoms with van der Waals surface area (Å²) in [5, 5.41) is 0. The third kappa shape index (κ3) is 5.78. The molecule has 0 saturated heterocycles. The van der Waals surface area contributed by atoms with Gasteiger partial charge in [0.25, 0.3) is 0 Å². The van der Waals surface area contributed by atoms with Gasteiger partial charge in [-0.2, -0.15) is 0 Å². The van der Waals surface area contributed by atoms with Crippen LogP contribution in [0.25, 0.3) is 0 Å². The molecule has 0 aromatic rings. The van der Waals surface area contributed by atoms with Gasteiger partial charge >= 0.3 is 0 Å². The quantitative estimate of drug-likeness (QED) is 0.451. The highest BCUT2D eigenvalue weighted by Gasteiger charge is 2.04. The van der Waals surface area contributed by atoms with Crippen molar-refractivity contribution in [2.45, 2.75) is 13.3 Å². The van der Waals surface area contributed by atoms with E-state index in [1.165, 1.54) is 17.9 Å². The van der Waals surface area contributed by atoms with Gasteiger partial charge in [0.15, 0.2) is 0 Å². The smallest absolute Gasteiger partial charge is 0.246 e. The number of hydrogen-bond donors (Lipinski definition) is 0. The Morgan fingerprint density at radius 2 is 2.00 bits per heavy atom. The van der Waals surface area contributed by atoms with E-state index in [0.717, 1.165) is 6.08 Å². The molecule has 13 heavy (non-hydrogen) atoms. The van der Waals surface area contributed by atoms with Crippen LogP contribution in [0.15, 0.2) is 12.2 Å². The normalized spacial score (nSPS) is 10.0. The lowest BCUT2D eigenvalue weighted by Crippen LogP contribution is -2.26. The average molecular weight is 183 g/mol. The maximum absolute atomic E-state index is 11.1. The fourth-order valence-electron chi connectivity index (χ4n) is 0.684. The molecule has 0 aromatic carbocycles. The Morgan fingerprint density at radius 1 is 1.38 bits per heavy atom. The van der Waals surface area contributed by atoms with Gasteiger partial charge in [0.1, 0.15) is 12.1 Å². The van der Waals surface area contributed by atoms with E-state index in [0.29, 0.717) is 19.3 Å². The second-order valence-corrected chi connectivity index (χ2v) is 2.71. The number of hydrogen-bond acceptors (Lipinski definition) is 3. The van der Waals surface area contributed by atoms with Crippen LogP contribution in [-0.2, 0) is 14.4 Å². The van der Waals surface area contributed by atoms with Crippen molar-refractivity contribution in [3.63, 3.8) is 0 Å². The van der Waals surface area contributed by atoms with Crippen LogP contribution in [0.1, 0.15) is 13.3 Å². The predicted molar refractivity (Wildman–Crippen MR) is 48.1 cm³/mol. The maximum Gasteiger partial charge on any atom is 0.246 e. The molecule has 0 heterocycles. The van der Waals surface area contributed by atoms with Gasteiger partial charge < -0.3 is 4.90 Å². The van der Waals surface area contributed by atoms with E-state index in [1.807, 2.05) is 0 Å². The zero-order valence-electron chi connectivity index (χ0n) is 7.82. The van der Waals surface area contributed by atoms with E-state index in [2.05, 4.69) is 0 Å². The van der Waals surface area contributed by atoms with E-state index >= 15 is 0 Å². The number of amides is 1. The molecule has 0 rings (SSSR count). The Hall–Kier alpha value is -1.45. The number of ketones is 1. The topological polar surface area (TPSA) is 54.5 Å². The molecule has 0 N–H and O–H groups in total. The van der Waals surface area contributed by atoms with Crippen LogP contribution < -0.4 is 0 Å². The van der Waals surface area contributed by atoms with Gasteiger partial charge in [-0.25, -0.2) is 0 Å². The van der Waals surface area contributed by atoms with Crippen LogP contribution in [0.4, 0.5) is 0 Å². The third-order valence-corrected chi connectivity index (χ3v) is 1.49. The number of likely N-dealkylation sites (N-methyl/N-ethyl adjacent to an activating group) is 1. The summed E-state index contributed by atoms with van der Waals surface area (Å²) in [4.78, 5) is 32.9. The fourth-order valence-corrected chi connectivity index (χ4v) is 0.684. The number of carbonyl (C=O) groups excluding carboxylic acids is 3. The Bertz CT molecular complexity index is 233. The lowest BCUT2D eigenvalue weighted by molar-refractivity contribution is -0.125. The van der Waals surface area contributed by atoms with E-state index in [1.54, 1.807) is 7.05 Å². The fraction of sp³-hybridized carbons (Fsp3) is 0.444. The molecule has 0 aliphatic carbocycles. The van der Waals surface area contributed by atoms with Gasteiger partial charge in [-0.05, 0) is 13.0 Å². The number of Topliss-reactive ketones (excluding diaryl/α,β-unsaturated/α-hetero) is 1. The molecule has 0 aromatic heterocycles. The van der Waals surface area contributed by atoms with Crippen LogP contribution in [-0.4, -0.2) is 36.5 Å². The van der Waals surface area contributed by atoms with Crippen LogP contribution in [0.2, 0.25) is 0 Å². The van der Waals surface area contributed by atoms with Crippen molar-refractivity contribution >= 4 is 18.0 Å². The van der Waals surface area contributed by atoms with E-state index in [-0.39, 0.29) is 11.7 Å². The molecule has 72 valence electrons. The molecule has 4 heteroatoms. The first kappa shape index (κ1) is 11.6. The summed E-state index contributed by atoms with van der Waals surface area (Å²) >= 11 is 0. The van der Waals surface area contributed by atoms with Gasteiger partial charge in [0.2, 0.25) is 5.91 Å². The minimum absolute atomic E-state index is 0.0408. The molecule has 0 aliphatic rings. The molecule has 4 nitrogen and oxygen atoms in total. The highest BCUT2D eigenvalue weighted by molar-refractivity contribution is 5.91. The largest absolute Gasteiger partial charge is 0.342 e. The second kappa shape index (κ2) is 6.11. The zero-order valence-corrected chi connectivity index (χ0v) is 7.82. The molecule has 0 spiro atoms. The minimum Gasteiger partial charge on any atom is -0.342 e. The molecule has 0 bridgehead atoms. The number of rotatable bonds is 5. The van der Waals surface area contributed by atoms with Crippen LogP contribution >= 0.6 is 0 Å². The molecule has 0 unspecified atom stereocenters. The molecule has 0 atom stereocenters. The summed E-state index contributed by atoms with van der Waals surface area (Å²) in [6.07, 6.45) is 3.19. The predicted octanol–water partition coefficient (Wildman–Crippen LogP) is 0.179. The highest BCUT2D eigenvalue weighted by Crippen LogP contribution is 1.90. The van der Waals surface area contributed by atoms with Crippen molar-refractivity contribution in [2.24, 2.45) is 0 Å².